The van der Waals surface area contributed by atoms with E-state index in [1.54, 1.807) is 19.5 Å². The van der Waals surface area contributed by atoms with Crippen LogP contribution in [0.15, 0.2) is 54.9 Å². The van der Waals surface area contributed by atoms with Gasteiger partial charge in [-0.3, -0.25) is 14.8 Å². The van der Waals surface area contributed by atoms with E-state index in [1.165, 1.54) is 0 Å². The molecule has 1 saturated heterocycles. The molecule has 132 valence electrons. The number of carbonyl (C=O) groups excluding carboxylic acids is 1. The number of carbonyl (C=O) groups is 1. The van der Waals surface area contributed by atoms with Gasteiger partial charge in [0.1, 0.15) is 5.75 Å². The third kappa shape index (κ3) is 3.12. The molecule has 0 spiro atoms. The molecule has 3 aromatic rings. The minimum atomic E-state index is 0.0464. The Labute approximate surface area is 152 Å². The summed E-state index contributed by atoms with van der Waals surface area (Å²) < 4.78 is 5.36. The Balaban J connectivity index is 1.67. The molecule has 5 nitrogen and oxygen atoms in total. The highest BCUT2D eigenvalue weighted by atomic mass is 16.5. The van der Waals surface area contributed by atoms with E-state index in [0.29, 0.717) is 5.56 Å². The maximum atomic E-state index is 13.2. The van der Waals surface area contributed by atoms with Crippen LogP contribution in [0.5, 0.6) is 5.75 Å². The largest absolute Gasteiger partial charge is 0.497 e. The summed E-state index contributed by atoms with van der Waals surface area (Å²) in [6.45, 7) is 0.763. The van der Waals surface area contributed by atoms with Gasteiger partial charge in [-0.15, -0.1) is 0 Å². The smallest absolute Gasteiger partial charge is 0.254 e. The lowest BCUT2D eigenvalue weighted by Gasteiger charge is -2.36. The summed E-state index contributed by atoms with van der Waals surface area (Å²) in [6, 6.07) is 13.6. The average molecular weight is 347 g/mol. The fourth-order valence-corrected chi connectivity index (χ4v) is 3.63. The summed E-state index contributed by atoms with van der Waals surface area (Å²) in [7, 11) is 1.67. The lowest BCUT2D eigenvalue weighted by Crippen LogP contribution is -2.38. The zero-order valence-electron chi connectivity index (χ0n) is 14.8. The Morgan fingerprint density at radius 2 is 1.92 bits per heavy atom. The molecule has 0 saturated carbocycles. The van der Waals surface area contributed by atoms with Gasteiger partial charge in [0.25, 0.3) is 5.91 Å². The van der Waals surface area contributed by atoms with Crippen LogP contribution in [-0.4, -0.2) is 34.4 Å². The summed E-state index contributed by atoms with van der Waals surface area (Å²) in [5.41, 5.74) is 3.33. The number of ether oxygens (including phenoxy) is 1. The number of nitrogens with zero attached hydrogens (tertiary/aromatic N) is 3. The molecule has 5 heteroatoms. The van der Waals surface area contributed by atoms with Crippen LogP contribution in [0.1, 0.15) is 41.2 Å². The van der Waals surface area contributed by atoms with E-state index >= 15 is 0 Å². The molecule has 26 heavy (non-hydrogen) atoms. The number of hydrogen-bond acceptors (Lipinski definition) is 4. The SMILES string of the molecule is COc1cccc([C@@H]2CCCCN2C(=O)c2ccc3nccnc3c2)c1. The molecular weight excluding hydrogens is 326 g/mol. The molecule has 1 amide bonds. The van der Waals surface area contributed by atoms with Crippen LogP contribution >= 0.6 is 0 Å². The number of rotatable bonds is 3. The lowest BCUT2D eigenvalue weighted by atomic mass is 9.94. The van der Waals surface area contributed by atoms with E-state index in [0.717, 1.165) is 48.2 Å². The molecule has 0 unspecified atom stereocenters. The van der Waals surface area contributed by atoms with Crippen LogP contribution < -0.4 is 4.74 Å². The Hall–Kier alpha value is -2.95. The van der Waals surface area contributed by atoms with Crippen molar-refractivity contribution < 1.29 is 9.53 Å². The highest BCUT2D eigenvalue weighted by molar-refractivity contribution is 5.97. The van der Waals surface area contributed by atoms with Gasteiger partial charge < -0.3 is 9.64 Å². The maximum absolute atomic E-state index is 13.2. The van der Waals surface area contributed by atoms with E-state index in [1.807, 2.05) is 41.3 Å². The summed E-state index contributed by atoms with van der Waals surface area (Å²) in [4.78, 5) is 23.8. The summed E-state index contributed by atoms with van der Waals surface area (Å²) in [6.07, 6.45) is 6.42. The number of aromatic nitrogens is 2. The van der Waals surface area contributed by atoms with Crippen molar-refractivity contribution in [1.82, 2.24) is 14.9 Å². The zero-order chi connectivity index (χ0) is 17.9. The molecule has 2 aromatic carbocycles. The van der Waals surface area contributed by atoms with E-state index in [9.17, 15) is 4.79 Å². The van der Waals surface area contributed by atoms with E-state index in [-0.39, 0.29) is 11.9 Å². The first-order chi connectivity index (χ1) is 12.8. The average Bonchev–Trinajstić information content (AvgIpc) is 2.73. The Morgan fingerprint density at radius 1 is 1.08 bits per heavy atom. The van der Waals surface area contributed by atoms with Gasteiger partial charge in [0.2, 0.25) is 0 Å². The van der Waals surface area contributed by atoms with Crippen molar-refractivity contribution in [1.29, 1.82) is 0 Å². The Morgan fingerprint density at radius 3 is 2.77 bits per heavy atom. The van der Waals surface area contributed by atoms with Gasteiger partial charge in [-0.1, -0.05) is 12.1 Å². The highest BCUT2D eigenvalue weighted by Gasteiger charge is 2.29. The van der Waals surface area contributed by atoms with Gasteiger partial charge in [0.15, 0.2) is 0 Å². The number of benzene rings is 2. The molecule has 0 aliphatic carbocycles. The van der Waals surface area contributed by atoms with Crippen molar-refractivity contribution in [2.45, 2.75) is 25.3 Å². The van der Waals surface area contributed by atoms with Crippen molar-refractivity contribution in [3.8, 4) is 5.75 Å². The van der Waals surface area contributed by atoms with E-state index < -0.39 is 0 Å². The fraction of sp³-hybridized carbons (Fsp3) is 0.286. The first-order valence-electron chi connectivity index (χ1n) is 8.92. The van der Waals surface area contributed by atoms with Crippen LogP contribution in [-0.2, 0) is 0 Å². The molecule has 1 atom stereocenters. The first-order valence-corrected chi connectivity index (χ1v) is 8.92. The summed E-state index contributed by atoms with van der Waals surface area (Å²) in [5, 5.41) is 0. The topological polar surface area (TPSA) is 55.3 Å². The standard InChI is InChI=1S/C21H21N3O2/c1-26-17-6-4-5-15(13-17)20-7-2-3-12-24(20)21(25)16-8-9-18-19(14-16)23-11-10-22-18/h4-6,8-11,13-14,20H,2-3,7,12H2,1H3/t20-/m0/s1. The molecule has 0 N–H and O–H groups in total. The van der Waals surface area contributed by atoms with Crippen LogP contribution in [0.25, 0.3) is 11.0 Å². The number of likely N-dealkylation sites (tertiary alicyclic amines) is 1. The van der Waals surface area contributed by atoms with Crippen LogP contribution in [0.2, 0.25) is 0 Å². The van der Waals surface area contributed by atoms with Crippen molar-refractivity contribution in [2.75, 3.05) is 13.7 Å². The second-order valence-electron chi connectivity index (χ2n) is 6.55. The fourth-order valence-electron chi connectivity index (χ4n) is 3.63. The third-order valence-corrected chi connectivity index (χ3v) is 4.96. The molecule has 4 rings (SSSR count). The maximum Gasteiger partial charge on any atom is 0.254 e. The Kier molecular flexibility index (Phi) is 4.52. The predicted molar refractivity (Wildman–Crippen MR) is 100 cm³/mol. The zero-order valence-corrected chi connectivity index (χ0v) is 14.8. The van der Waals surface area contributed by atoms with Crippen molar-refractivity contribution in [2.24, 2.45) is 0 Å². The van der Waals surface area contributed by atoms with Crippen LogP contribution in [0.4, 0.5) is 0 Å². The first kappa shape index (κ1) is 16.5. The molecule has 2 heterocycles. The minimum Gasteiger partial charge on any atom is -0.497 e. The second kappa shape index (κ2) is 7.12. The molecule has 1 aromatic heterocycles. The number of piperidine rings is 1. The molecule has 1 aliphatic rings. The number of amides is 1. The monoisotopic (exact) mass is 347 g/mol. The predicted octanol–water partition coefficient (Wildman–Crippen LogP) is 4.01. The van der Waals surface area contributed by atoms with Gasteiger partial charge in [0, 0.05) is 24.5 Å². The number of hydrogen-bond donors (Lipinski definition) is 0. The minimum absolute atomic E-state index is 0.0464. The molecule has 0 radical (unpaired) electrons. The van der Waals surface area contributed by atoms with Gasteiger partial charge in [-0.05, 0) is 55.2 Å². The van der Waals surface area contributed by atoms with Gasteiger partial charge in [-0.25, -0.2) is 0 Å². The van der Waals surface area contributed by atoms with Crippen molar-refractivity contribution in [3.63, 3.8) is 0 Å². The van der Waals surface area contributed by atoms with Gasteiger partial charge in [-0.2, -0.15) is 0 Å². The van der Waals surface area contributed by atoms with E-state index in [4.69, 9.17) is 4.74 Å². The molecular formula is C21H21N3O2. The molecule has 1 aliphatic heterocycles. The van der Waals surface area contributed by atoms with Gasteiger partial charge >= 0.3 is 0 Å². The summed E-state index contributed by atoms with van der Waals surface area (Å²) in [5.74, 6) is 0.867. The quantitative estimate of drug-likeness (QED) is 0.718. The molecule has 0 bridgehead atoms. The highest BCUT2D eigenvalue weighted by Crippen LogP contribution is 2.33. The normalized spacial score (nSPS) is 17.3. The van der Waals surface area contributed by atoms with Crippen molar-refractivity contribution in [3.05, 3.63) is 66.0 Å². The second-order valence-corrected chi connectivity index (χ2v) is 6.55. The summed E-state index contributed by atoms with van der Waals surface area (Å²) >= 11 is 0. The number of methoxy groups -OCH3 is 1. The van der Waals surface area contributed by atoms with E-state index in [2.05, 4.69) is 16.0 Å². The van der Waals surface area contributed by atoms with Crippen LogP contribution in [0.3, 0.4) is 0 Å². The molecule has 1 fully saturated rings. The third-order valence-electron chi connectivity index (χ3n) is 4.96. The Bertz CT molecular complexity index is 941. The van der Waals surface area contributed by atoms with Crippen molar-refractivity contribution >= 4 is 16.9 Å². The van der Waals surface area contributed by atoms with Crippen LogP contribution in [0, 0.1) is 0 Å². The number of fused-ring (bicyclic) bond motifs is 1. The lowest BCUT2D eigenvalue weighted by molar-refractivity contribution is 0.0611. The van der Waals surface area contributed by atoms with Gasteiger partial charge in [0.05, 0.1) is 24.2 Å².